The topological polar surface area (TPSA) is 30.9 Å². The van der Waals surface area contributed by atoms with Gasteiger partial charge in [0, 0.05) is 31.2 Å². The number of nitrogens with zero attached hydrogens (tertiary/aromatic N) is 1. The Labute approximate surface area is 78.1 Å². The van der Waals surface area contributed by atoms with Gasteiger partial charge in [-0.1, -0.05) is 6.92 Å². The standard InChI is InChI=1S/C9H16N2S/c1-2-12-6-5-11-4-3-9(7-10)8-11/h3-4,8H,2,5-7,10H2,1H3. The van der Waals surface area contributed by atoms with Crippen LogP contribution in [-0.2, 0) is 13.1 Å². The van der Waals surface area contributed by atoms with Crippen molar-refractivity contribution in [3.05, 3.63) is 24.0 Å². The van der Waals surface area contributed by atoms with Gasteiger partial charge in [0.15, 0.2) is 0 Å². The first-order chi connectivity index (χ1) is 5.86. The summed E-state index contributed by atoms with van der Waals surface area (Å²) in [5.74, 6) is 2.39. The lowest BCUT2D eigenvalue weighted by atomic mass is 10.4. The number of aromatic nitrogens is 1. The number of rotatable bonds is 5. The van der Waals surface area contributed by atoms with Crippen LogP contribution in [0, 0.1) is 0 Å². The van der Waals surface area contributed by atoms with E-state index in [1.807, 2.05) is 11.8 Å². The van der Waals surface area contributed by atoms with Crippen LogP contribution >= 0.6 is 11.8 Å². The molecular formula is C9H16N2S. The Bertz CT molecular complexity index is 220. The van der Waals surface area contributed by atoms with Crippen molar-refractivity contribution in [2.45, 2.75) is 20.0 Å². The molecule has 1 rings (SSSR count). The lowest BCUT2D eigenvalue weighted by molar-refractivity contribution is 0.774. The van der Waals surface area contributed by atoms with E-state index >= 15 is 0 Å². The highest BCUT2D eigenvalue weighted by Crippen LogP contribution is 2.03. The largest absolute Gasteiger partial charge is 0.353 e. The molecule has 1 aromatic rings. The van der Waals surface area contributed by atoms with E-state index in [2.05, 4.69) is 30.0 Å². The summed E-state index contributed by atoms with van der Waals surface area (Å²) in [4.78, 5) is 0. The second-order valence-corrected chi connectivity index (χ2v) is 4.05. The lowest BCUT2D eigenvalue weighted by Crippen LogP contribution is -1.98. The van der Waals surface area contributed by atoms with Gasteiger partial charge < -0.3 is 10.3 Å². The molecule has 68 valence electrons. The number of aryl methyl sites for hydroxylation is 1. The molecule has 2 N–H and O–H groups in total. The van der Waals surface area contributed by atoms with E-state index in [1.165, 1.54) is 17.1 Å². The summed E-state index contributed by atoms with van der Waals surface area (Å²) in [6.07, 6.45) is 4.22. The number of hydrogen-bond donors (Lipinski definition) is 1. The van der Waals surface area contributed by atoms with Crippen molar-refractivity contribution in [1.29, 1.82) is 0 Å². The Balaban J connectivity index is 2.31. The van der Waals surface area contributed by atoms with Gasteiger partial charge in [-0.15, -0.1) is 0 Å². The molecular weight excluding hydrogens is 168 g/mol. The van der Waals surface area contributed by atoms with Crippen molar-refractivity contribution in [1.82, 2.24) is 4.57 Å². The first-order valence-electron chi connectivity index (χ1n) is 4.29. The Kier molecular flexibility index (Phi) is 4.25. The first kappa shape index (κ1) is 9.68. The zero-order valence-electron chi connectivity index (χ0n) is 7.49. The van der Waals surface area contributed by atoms with Crippen LogP contribution in [0.25, 0.3) is 0 Å². The minimum absolute atomic E-state index is 0.647. The fourth-order valence-corrected chi connectivity index (χ4v) is 1.69. The highest BCUT2D eigenvalue weighted by atomic mass is 32.2. The zero-order valence-corrected chi connectivity index (χ0v) is 8.31. The van der Waals surface area contributed by atoms with E-state index in [9.17, 15) is 0 Å². The molecule has 0 amide bonds. The van der Waals surface area contributed by atoms with Crippen LogP contribution in [0.1, 0.15) is 12.5 Å². The molecule has 0 aliphatic carbocycles. The summed E-state index contributed by atoms with van der Waals surface area (Å²) in [5.41, 5.74) is 6.72. The number of nitrogens with two attached hydrogens (primary N) is 1. The van der Waals surface area contributed by atoms with Gasteiger partial charge in [-0.05, 0) is 17.4 Å². The first-order valence-corrected chi connectivity index (χ1v) is 5.44. The van der Waals surface area contributed by atoms with E-state index in [1.54, 1.807) is 0 Å². The maximum absolute atomic E-state index is 5.50. The van der Waals surface area contributed by atoms with Crippen LogP contribution in [0.4, 0.5) is 0 Å². The molecule has 0 fully saturated rings. The molecule has 0 aromatic carbocycles. The van der Waals surface area contributed by atoms with Crippen molar-refractivity contribution in [2.24, 2.45) is 5.73 Å². The molecule has 3 heteroatoms. The molecule has 0 unspecified atom stereocenters. The summed E-state index contributed by atoms with van der Waals surface area (Å²) in [6, 6.07) is 2.08. The van der Waals surface area contributed by atoms with E-state index in [4.69, 9.17) is 5.73 Å². The average Bonchev–Trinajstić information content (AvgIpc) is 2.53. The van der Waals surface area contributed by atoms with Crippen molar-refractivity contribution in [2.75, 3.05) is 11.5 Å². The highest BCUT2D eigenvalue weighted by Gasteiger charge is 1.93. The third-order valence-electron chi connectivity index (χ3n) is 1.75. The zero-order chi connectivity index (χ0) is 8.81. The normalized spacial score (nSPS) is 10.5. The SMILES string of the molecule is CCSCCn1ccc(CN)c1. The van der Waals surface area contributed by atoms with Crippen molar-refractivity contribution >= 4 is 11.8 Å². The maximum Gasteiger partial charge on any atom is 0.0310 e. The second-order valence-electron chi connectivity index (χ2n) is 2.66. The molecule has 1 aromatic heterocycles. The fraction of sp³-hybridized carbons (Fsp3) is 0.556. The van der Waals surface area contributed by atoms with Crippen molar-refractivity contribution in [3.63, 3.8) is 0 Å². The number of thioether (sulfide) groups is 1. The Morgan fingerprint density at radius 2 is 2.42 bits per heavy atom. The van der Waals surface area contributed by atoms with E-state index in [0.29, 0.717) is 6.54 Å². The molecule has 0 aliphatic heterocycles. The lowest BCUT2D eigenvalue weighted by Gasteiger charge is -2.00. The monoisotopic (exact) mass is 184 g/mol. The molecule has 2 nitrogen and oxygen atoms in total. The third kappa shape index (κ3) is 2.91. The molecule has 0 bridgehead atoms. The minimum atomic E-state index is 0.647. The van der Waals surface area contributed by atoms with Gasteiger partial charge in [0.1, 0.15) is 0 Å². The van der Waals surface area contributed by atoms with Crippen molar-refractivity contribution in [3.8, 4) is 0 Å². The molecule has 0 saturated carbocycles. The smallest absolute Gasteiger partial charge is 0.0310 e. The van der Waals surface area contributed by atoms with Gasteiger partial charge in [0.2, 0.25) is 0 Å². The summed E-state index contributed by atoms with van der Waals surface area (Å²) in [5, 5.41) is 0. The van der Waals surface area contributed by atoms with Crippen LogP contribution in [-0.4, -0.2) is 16.1 Å². The van der Waals surface area contributed by atoms with Gasteiger partial charge in [-0.2, -0.15) is 11.8 Å². The summed E-state index contributed by atoms with van der Waals surface area (Å²) >= 11 is 1.97. The molecule has 0 radical (unpaired) electrons. The van der Waals surface area contributed by atoms with Crippen LogP contribution in [0.5, 0.6) is 0 Å². The van der Waals surface area contributed by atoms with Gasteiger partial charge >= 0.3 is 0 Å². The van der Waals surface area contributed by atoms with Crippen LogP contribution in [0.3, 0.4) is 0 Å². The molecule has 0 saturated heterocycles. The third-order valence-corrected chi connectivity index (χ3v) is 2.62. The van der Waals surface area contributed by atoms with Crippen molar-refractivity contribution < 1.29 is 0 Å². The van der Waals surface area contributed by atoms with Gasteiger partial charge in [0.05, 0.1) is 0 Å². The van der Waals surface area contributed by atoms with E-state index in [0.717, 1.165) is 6.54 Å². The molecule has 1 heterocycles. The quantitative estimate of drug-likeness (QED) is 0.706. The summed E-state index contributed by atoms with van der Waals surface area (Å²) < 4.78 is 2.20. The van der Waals surface area contributed by atoms with Crippen LogP contribution in [0.15, 0.2) is 18.5 Å². The summed E-state index contributed by atoms with van der Waals surface area (Å²) in [7, 11) is 0. The maximum atomic E-state index is 5.50. The van der Waals surface area contributed by atoms with Gasteiger partial charge in [0.25, 0.3) is 0 Å². The van der Waals surface area contributed by atoms with Crippen LogP contribution < -0.4 is 5.73 Å². The van der Waals surface area contributed by atoms with E-state index < -0.39 is 0 Å². The average molecular weight is 184 g/mol. The molecule has 0 spiro atoms. The minimum Gasteiger partial charge on any atom is -0.353 e. The highest BCUT2D eigenvalue weighted by molar-refractivity contribution is 7.99. The Morgan fingerprint density at radius 1 is 1.58 bits per heavy atom. The predicted octanol–water partition coefficient (Wildman–Crippen LogP) is 1.70. The molecule has 12 heavy (non-hydrogen) atoms. The predicted molar refractivity (Wildman–Crippen MR) is 55.3 cm³/mol. The van der Waals surface area contributed by atoms with Gasteiger partial charge in [-0.3, -0.25) is 0 Å². The molecule has 0 atom stereocenters. The van der Waals surface area contributed by atoms with Gasteiger partial charge in [-0.25, -0.2) is 0 Å². The summed E-state index contributed by atoms with van der Waals surface area (Å²) in [6.45, 7) is 3.93. The number of hydrogen-bond acceptors (Lipinski definition) is 2. The van der Waals surface area contributed by atoms with Crippen LogP contribution in [0.2, 0.25) is 0 Å². The Hall–Kier alpha value is -0.410. The van der Waals surface area contributed by atoms with E-state index in [-0.39, 0.29) is 0 Å². The second kappa shape index (κ2) is 5.27. The fourth-order valence-electron chi connectivity index (χ4n) is 1.06. The Morgan fingerprint density at radius 3 is 3.00 bits per heavy atom. The molecule has 0 aliphatic rings.